The number of amides is 1. The highest BCUT2D eigenvalue weighted by atomic mass is 16.5. The Bertz CT molecular complexity index is 481. The van der Waals surface area contributed by atoms with Crippen molar-refractivity contribution < 1.29 is 9.53 Å². The lowest BCUT2D eigenvalue weighted by Crippen LogP contribution is -2.22. The summed E-state index contributed by atoms with van der Waals surface area (Å²) in [6.07, 6.45) is 3.79. The molecule has 1 aliphatic rings. The third-order valence-electron chi connectivity index (χ3n) is 2.98. The summed E-state index contributed by atoms with van der Waals surface area (Å²) < 4.78 is 5.22. The fourth-order valence-corrected chi connectivity index (χ4v) is 2.02. The number of benzene rings is 1. The van der Waals surface area contributed by atoms with Gasteiger partial charge in [0.15, 0.2) is 0 Å². The van der Waals surface area contributed by atoms with Gasteiger partial charge in [-0.05, 0) is 42.2 Å². The first-order valence-electron chi connectivity index (χ1n) is 6.05. The lowest BCUT2D eigenvalue weighted by Gasteiger charge is -2.19. The van der Waals surface area contributed by atoms with Crippen LogP contribution in [0.1, 0.15) is 18.9 Å². The number of nitrogens with one attached hydrogen (secondary N) is 2. The van der Waals surface area contributed by atoms with Gasteiger partial charge in [0.2, 0.25) is 5.91 Å². The van der Waals surface area contributed by atoms with E-state index in [1.54, 1.807) is 7.11 Å². The Hall–Kier alpha value is -1.97. The minimum absolute atomic E-state index is 0.0152. The van der Waals surface area contributed by atoms with E-state index in [2.05, 4.69) is 10.6 Å². The summed E-state index contributed by atoms with van der Waals surface area (Å²) in [5.41, 5.74) is 3.64. The highest BCUT2D eigenvalue weighted by Gasteiger charge is 2.11. The van der Waals surface area contributed by atoms with Crippen LogP contribution in [-0.2, 0) is 11.2 Å². The topological polar surface area (TPSA) is 50.4 Å². The van der Waals surface area contributed by atoms with Gasteiger partial charge < -0.3 is 15.4 Å². The fraction of sp³-hybridized carbons (Fsp3) is 0.357. The van der Waals surface area contributed by atoms with Gasteiger partial charge in [0.05, 0.1) is 7.11 Å². The molecule has 2 N–H and O–H groups in total. The van der Waals surface area contributed by atoms with Crippen LogP contribution in [0.25, 0.3) is 0 Å². The largest absolute Gasteiger partial charge is 0.497 e. The van der Waals surface area contributed by atoms with Gasteiger partial charge in [-0.1, -0.05) is 0 Å². The Balaban J connectivity index is 1.98. The smallest absolute Gasteiger partial charge is 0.216 e. The van der Waals surface area contributed by atoms with Gasteiger partial charge in [-0.3, -0.25) is 4.79 Å². The summed E-state index contributed by atoms with van der Waals surface area (Å²) >= 11 is 0. The first-order valence-corrected chi connectivity index (χ1v) is 6.05. The Morgan fingerprint density at radius 3 is 3.06 bits per heavy atom. The summed E-state index contributed by atoms with van der Waals surface area (Å²) in [6.45, 7) is 2.22. The van der Waals surface area contributed by atoms with Gasteiger partial charge in [0.25, 0.3) is 0 Å². The third-order valence-corrected chi connectivity index (χ3v) is 2.98. The van der Waals surface area contributed by atoms with Crippen molar-refractivity contribution in [2.75, 3.05) is 19.0 Å². The van der Waals surface area contributed by atoms with Crippen LogP contribution in [0.4, 0.5) is 5.69 Å². The molecule has 0 bridgehead atoms. The van der Waals surface area contributed by atoms with Gasteiger partial charge >= 0.3 is 0 Å². The van der Waals surface area contributed by atoms with E-state index >= 15 is 0 Å². The van der Waals surface area contributed by atoms with E-state index in [1.807, 2.05) is 24.4 Å². The quantitative estimate of drug-likeness (QED) is 0.855. The van der Waals surface area contributed by atoms with Gasteiger partial charge in [0, 0.05) is 25.4 Å². The van der Waals surface area contributed by atoms with Crippen LogP contribution in [0.15, 0.2) is 30.0 Å². The Morgan fingerprint density at radius 2 is 2.33 bits per heavy atom. The second-order valence-electron chi connectivity index (χ2n) is 4.38. The van der Waals surface area contributed by atoms with Crippen molar-refractivity contribution in [1.82, 2.24) is 5.32 Å². The molecule has 0 saturated heterocycles. The van der Waals surface area contributed by atoms with Gasteiger partial charge in [-0.2, -0.15) is 0 Å². The second kappa shape index (κ2) is 5.58. The van der Waals surface area contributed by atoms with Crippen LogP contribution in [0.2, 0.25) is 0 Å². The van der Waals surface area contributed by atoms with Crippen LogP contribution in [0.5, 0.6) is 5.75 Å². The number of hydrogen-bond donors (Lipinski definition) is 2. The number of methoxy groups -OCH3 is 1. The molecule has 1 heterocycles. The van der Waals surface area contributed by atoms with Crippen molar-refractivity contribution >= 4 is 11.6 Å². The lowest BCUT2D eigenvalue weighted by atomic mass is 9.98. The van der Waals surface area contributed by atoms with Crippen molar-refractivity contribution in [3.8, 4) is 5.75 Å². The zero-order valence-corrected chi connectivity index (χ0v) is 10.7. The number of ether oxygens (including phenoxy) is 1. The number of carbonyl (C=O) groups is 1. The van der Waals surface area contributed by atoms with E-state index < -0.39 is 0 Å². The van der Waals surface area contributed by atoms with E-state index in [9.17, 15) is 4.79 Å². The highest BCUT2D eigenvalue weighted by molar-refractivity contribution is 5.72. The van der Waals surface area contributed by atoms with Gasteiger partial charge in [-0.25, -0.2) is 0 Å². The molecule has 0 radical (unpaired) electrons. The van der Waals surface area contributed by atoms with Crippen LogP contribution in [-0.4, -0.2) is 19.6 Å². The number of fused-ring (bicyclic) bond motifs is 1. The molecule has 2 rings (SSSR count). The molecule has 1 aromatic carbocycles. The molecule has 0 atom stereocenters. The molecule has 4 nitrogen and oxygen atoms in total. The van der Waals surface area contributed by atoms with E-state index in [1.165, 1.54) is 18.1 Å². The number of hydrogen-bond acceptors (Lipinski definition) is 3. The first-order chi connectivity index (χ1) is 8.69. The van der Waals surface area contributed by atoms with Crippen LogP contribution in [0.3, 0.4) is 0 Å². The number of rotatable bonds is 4. The van der Waals surface area contributed by atoms with Crippen molar-refractivity contribution in [2.45, 2.75) is 19.8 Å². The maximum Gasteiger partial charge on any atom is 0.216 e. The normalized spacial score (nSPS) is 13.1. The molecule has 1 aliphatic heterocycles. The Kier molecular flexibility index (Phi) is 3.87. The lowest BCUT2D eigenvalue weighted by molar-refractivity contribution is -0.118. The summed E-state index contributed by atoms with van der Waals surface area (Å²) in [7, 11) is 1.67. The van der Waals surface area contributed by atoms with Crippen molar-refractivity contribution in [3.05, 3.63) is 35.5 Å². The fourth-order valence-electron chi connectivity index (χ4n) is 2.02. The molecule has 96 valence electrons. The summed E-state index contributed by atoms with van der Waals surface area (Å²) in [6, 6.07) is 6.02. The molecule has 0 saturated carbocycles. The SMILES string of the molecule is COc1ccc2c(c1)CC(CCNC(C)=O)=CN2. The molecule has 0 spiro atoms. The maximum atomic E-state index is 10.8. The minimum atomic E-state index is 0.0152. The molecule has 4 heteroatoms. The summed E-state index contributed by atoms with van der Waals surface area (Å²) in [4.78, 5) is 10.8. The van der Waals surface area contributed by atoms with E-state index in [0.29, 0.717) is 6.54 Å². The predicted octanol–water partition coefficient (Wildman–Crippen LogP) is 2.07. The van der Waals surface area contributed by atoms with Crippen molar-refractivity contribution in [3.63, 3.8) is 0 Å². The molecule has 0 aliphatic carbocycles. The minimum Gasteiger partial charge on any atom is -0.497 e. The first kappa shape index (κ1) is 12.5. The molecule has 1 amide bonds. The predicted molar refractivity (Wildman–Crippen MR) is 71.7 cm³/mol. The zero-order chi connectivity index (χ0) is 13.0. The second-order valence-corrected chi connectivity index (χ2v) is 4.38. The standard InChI is InChI=1S/C14H18N2O2/c1-10(17)15-6-5-11-7-12-8-13(18-2)3-4-14(12)16-9-11/h3-4,8-9,16H,5-7H2,1-2H3,(H,15,17). The molecular weight excluding hydrogens is 228 g/mol. The molecular formula is C14H18N2O2. The van der Waals surface area contributed by atoms with Crippen LogP contribution >= 0.6 is 0 Å². The molecule has 18 heavy (non-hydrogen) atoms. The average Bonchev–Trinajstić information content (AvgIpc) is 2.37. The molecule has 0 fully saturated rings. The zero-order valence-electron chi connectivity index (χ0n) is 10.7. The maximum absolute atomic E-state index is 10.8. The van der Waals surface area contributed by atoms with Crippen LogP contribution in [0, 0.1) is 0 Å². The average molecular weight is 246 g/mol. The van der Waals surface area contributed by atoms with Crippen molar-refractivity contribution in [1.29, 1.82) is 0 Å². The Labute approximate surface area is 107 Å². The monoisotopic (exact) mass is 246 g/mol. The number of carbonyl (C=O) groups excluding carboxylic acids is 1. The van der Waals surface area contributed by atoms with Crippen molar-refractivity contribution in [2.24, 2.45) is 0 Å². The van der Waals surface area contributed by atoms with Gasteiger partial charge in [-0.15, -0.1) is 0 Å². The highest BCUT2D eigenvalue weighted by Crippen LogP contribution is 2.28. The van der Waals surface area contributed by atoms with Crippen LogP contribution < -0.4 is 15.4 Å². The summed E-state index contributed by atoms with van der Waals surface area (Å²) in [5.74, 6) is 0.889. The molecule has 0 aromatic heterocycles. The van der Waals surface area contributed by atoms with E-state index in [0.717, 1.165) is 24.3 Å². The molecule has 1 aromatic rings. The third kappa shape index (κ3) is 3.03. The molecule has 0 unspecified atom stereocenters. The summed E-state index contributed by atoms with van der Waals surface area (Å²) in [5, 5.41) is 6.08. The Morgan fingerprint density at radius 1 is 1.50 bits per heavy atom. The number of anilines is 1. The van der Waals surface area contributed by atoms with Gasteiger partial charge in [0.1, 0.15) is 5.75 Å². The van der Waals surface area contributed by atoms with E-state index in [4.69, 9.17) is 4.74 Å². The van der Waals surface area contributed by atoms with E-state index in [-0.39, 0.29) is 5.91 Å².